The zero-order valence-electron chi connectivity index (χ0n) is 17.9. The van der Waals surface area contributed by atoms with Crippen molar-refractivity contribution in [3.05, 3.63) is 64.0 Å². The van der Waals surface area contributed by atoms with E-state index in [1.807, 2.05) is 37.3 Å². The molecule has 1 saturated heterocycles. The zero-order chi connectivity index (χ0) is 21.1. The van der Waals surface area contributed by atoms with Gasteiger partial charge in [-0.3, -0.25) is 0 Å². The Labute approximate surface area is 195 Å². The quantitative estimate of drug-likeness (QED) is 0.448. The minimum absolute atomic E-state index is 0. The largest absolute Gasteiger partial charge is 0.368 e. The maximum atomic E-state index is 7.39. The summed E-state index contributed by atoms with van der Waals surface area (Å²) in [5.41, 5.74) is 2.87. The lowest BCUT2D eigenvalue weighted by Crippen LogP contribution is -2.33. The fourth-order valence-electron chi connectivity index (χ4n) is 3.90. The number of aromatic nitrogens is 2. The number of hydrogen-bond acceptors (Lipinski definition) is 4. The summed E-state index contributed by atoms with van der Waals surface area (Å²) < 4.78 is 0. The van der Waals surface area contributed by atoms with Crippen LogP contribution in [-0.2, 0) is 6.42 Å². The van der Waals surface area contributed by atoms with Crippen LogP contribution in [0.4, 0.5) is 17.3 Å². The van der Waals surface area contributed by atoms with Gasteiger partial charge in [0, 0.05) is 35.4 Å². The lowest BCUT2D eigenvalue weighted by atomic mass is 9.99. The molecule has 0 saturated carbocycles. The standard InChI is InChI=1S/C24H26ClN5.ClH/c1-16-9-12-30(13-10-16)24-20-7-6-19(26-3)15-21(20)23(28-29-24)27-11-8-18-5-4-17(2)22(25)14-18;/h4-7,14-16H,8-13H2,1-2H3,(H,27,28);1H. The summed E-state index contributed by atoms with van der Waals surface area (Å²) in [6, 6.07) is 12.0. The molecule has 0 radical (unpaired) electrons. The fraction of sp³-hybridized carbons (Fsp3) is 0.375. The molecule has 2 aromatic carbocycles. The molecule has 2 heterocycles. The van der Waals surface area contributed by atoms with Crippen LogP contribution in [0.3, 0.4) is 0 Å². The van der Waals surface area contributed by atoms with Crippen molar-refractivity contribution in [3.8, 4) is 0 Å². The number of benzene rings is 2. The van der Waals surface area contributed by atoms with E-state index in [0.29, 0.717) is 12.2 Å². The van der Waals surface area contributed by atoms with Gasteiger partial charge in [-0.05, 0) is 55.4 Å². The van der Waals surface area contributed by atoms with Crippen LogP contribution >= 0.6 is 24.0 Å². The van der Waals surface area contributed by atoms with Crippen molar-refractivity contribution in [3.63, 3.8) is 0 Å². The average Bonchev–Trinajstić information content (AvgIpc) is 2.76. The molecule has 162 valence electrons. The van der Waals surface area contributed by atoms with Gasteiger partial charge >= 0.3 is 0 Å². The first-order valence-electron chi connectivity index (χ1n) is 10.5. The van der Waals surface area contributed by atoms with Crippen LogP contribution in [0.2, 0.25) is 5.02 Å². The molecule has 7 heteroatoms. The Bertz CT molecular complexity index is 1100. The van der Waals surface area contributed by atoms with E-state index >= 15 is 0 Å². The number of hydrogen-bond donors (Lipinski definition) is 1. The van der Waals surface area contributed by atoms with Gasteiger partial charge in [-0.1, -0.05) is 42.8 Å². The van der Waals surface area contributed by atoms with Crippen molar-refractivity contribution in [2.45, 2.75) is 33.1 Å². The van der Waals surface area contributed by atoms with E-state index in [2.05, 4.69) is 38.2 Å². The lowest BCUT2D eigenvalue weighted by Gasteiger charge is -2.31. The van der Waals surface area contributed by atoms with Crippen LogP contribution in [-0.4, -0.2) is 29.8 Å². The Morgan fingerprint density at radius 3 is 2.61 bits per heavy atom. The Hall–Kier alpha value is -2.55. The molecule has 3 aromatic rings. The van der Waals surface area contributed by atoms with Gasteiger partial charge in [-0.15, -0.1) is 22.6 Å². The summed E-state index contributed by atoms with van der Waals surface area (Å²) in [6.07, 6.45) is 3.17. The molecule has 4 rings (SSSR count). The third kappa shape index (κ3) is 5.20. The summed E-state index contributed by atoms with van der Waals surface area (Å²) in [7, 11) is 0. The Morgan fingerprint density at radius 1 is 1.13 bits per heavy atom. The molecule has 1 N–H and O–H groups in total. The predicted octanol–water partition coefficient (Wildman–Crippen LogP) is 6.46. The Balaban J connectivity index is 0.00000272. The number of fused-ring (bicyclic) bond motifs is 1. The van der Waals surface area contributed by atoms with Crippen molar-refractivity contribution in [1.29, 1.82) is 0 Å². The van der Waals surface area contributed by atoms with Crippen LogP contribution < -0.4 is 10.2 Å². The highest BCUT2D eigenvalue weighted by molar-refractivity contribution is 6.31. The molecule has 0 bridgehead atoms. The molecule has 1 aliphatic heterocycles. The first-order valence-corrected chi connectivity index (χ1v) is 10.8. The molecular weight excluding hydrogens is 429 g/mol. The first-order chi connectivity index (χ1) is 14.5. The monoisotopic (exact) mass is 455 g/mol. The number of aryl methyl sites for hydroxylation is 1. The minimum Gasteiger partial charge on any atom is -0.368 e. The van der Waals surface area contributed by atoms with E-state index in [0.717, 1.165) is 58.4 Å². The Kier molecular flexibility index (Phi) is 7.59. The van der Waals surface area contributed by atoms with E-state index in [-0.39, 0.29) is 12.4 Å². The topological polar surface area (TPSA) is 45.4 Å². The van der Waals surface area contributed by atoms with Gasteiger partial charge in [0.25, 0.3) is 0 Å². The highest BCUT2D eigenvalue weighted by Crippen LogP contribution is 2.33. The number of nitrogens with one attached hydrogen (secondary N) is 1. The highest BCUT2D eigenvalue weighted by Gasteiger charge is 2.20. The maximum absolute atomic E-state index is 7.39. The normalized spacial score (nSPS) is 14.2. The van der Waals surface area contributed by atoms with Crippen molar-refractivity contribution in [1.82, 2.24) is 10.2 Å². The molecule has 1 fully saturated rings. The zero-order valence-corrected chi connectivity index (χ0v) is 19.4. The molecule has 31 heavy (non-hydrogen) atoms. The fourth-order valence-corrected chi connectivity index (χ4v) is 4.10. The van der Waals surface area contributed by atoms with Gasteiger partial charge in [0.2, 0.25) is 0 Å². The van der Waals surface area contributed by atoms with Crippen molar-refractivity contribution in [2.75, 3.05) is 29.9 Å². The molecular formula is C24H27Cl2N5. The third-order valence-corrected chi connectivity index (χ3v) is 6.31. The summed E-state index contributed by atoms with van der Waals surface area (Å²) in [5.74, 6) is 2.40. The number of nitrogens with zero attached hydrogens (tertiary/aromatic N) is 4. The van der Waals surface area contributed by atoms with E-state index in [4.69, 9.17) is 18.2 Å². The van der Waals surface area contributed by atoms with Crippen LogP contribution in [0.1, 0.15) is 30.9 Å². The van der Waals surface area contributed by atoms with E-state index in [1.54, 1.807) is 0 Å². The van der Waals surface area contributed by atoms with Gasteiger partial charge < -0.3 is 10.2 Å². The molecule has 1 aromatic heterocycles. The van der Waals surface area contributed by atoms with Crippen molar-refractivity contribution < 1.29 is 0 Å². The van der Waals surface area contributed by atoms with E-state index < -0.39 is 0 Å². The number of rotatable bonds is 5. The number of halogens is 2. The molecule has 0 unspecified atom stereocenters. The van der Waals surface area contributed by atoms with Gasteiger partial charge in [0.1, 0.15) is 0 Å². The van der Waals surface area contributed by atoms with Crippen LogP contribution in [0.5, 0.6) is 0 Å². The summed E-state index contributed by atoms with van der Waals surface area (Å²) in [5, 5.41) is 15.3. The van der Waals surface area contributed by atoms with Crippen LogP contribution in [0.15, 0.2) is 36.4 Å². The van der Waals surface area contributed by atoms with Gasteiger partial charge in [0.15, 0.2) is 17.3 Å². The van der Waals surface area contributed by atoms with Crippen LogP contribution in [0.25, 0.3) is 15.6 Å². The van der Waals surface area contributed by atoms with Crippen molar-refractivity contribution >= 4 is 52.1 Å². The lowest BCUT2D eigenvalue weighted by molar-refractivity contribution is 0.436. The summed E-state index contributed by atoms with van der Waals surface area (Å²) in [4.78, 5) is 5.93. The Morgan fingerprint density at radius 2 is 1.90 bits per heavy atom. The molecule has 0 atom stereocenters. The van der Waals surface area contributed by atoms with E-state index in [1.165, 1.54) is 18.4 Å². The summed E-state index contributed by atoms with van der Waals surface area (Å²) >= 11 is 6.25. The molecule has 0 aliphatic carbocycles. The SMILES string of the molecule is Cl.[C-]#[N+]c1ccc2c(N3CCC(C)CC3)nnc(NCCc3ccc(C)c(Cl)c3)c2c1. The second kappa shape index (κ2) is 10.2. The highest BCUT2D eigenvalue weighted by atomic mass is 35.5. The average molecular weight is 456 g/mol. The number of anilines is 2. The first kappa shape index (κ1) is 23.1. The molecule has 0 spiro atoms. The van der Waals surface area contributed by atoms with Gasteiger partial charge in [-0.2, -0.15) is 0 Å². The van der Waals surface area contributed by atoms with Crippen LogP contribution in [0, 0.1) is 19.4 Å². The molecule has 5 nitrogen and oxygen atoms in total. The number of piperidine rings is 1. The smallest absolute Gasteiger partial charge is 0.188 e. The van der Waals surface area contributed by atoms with Gasteiger partial charge in [-0.25, -0.2) is 4.85 Å². The van der Waals surface area contributed by atoms with Gasteiger partial charge in [0.05, 0.1) is 6.57 Å². The maximum Gasteiger partial charge on any atom is 0.188 e. The molecule has 0 amide bonds. The summed E-state index contributed by atoms with van der Waals surface area (Å²) in [6.45, 7) is 14.4. The molecule has 1 aliphatic rings. The van der Waals surface area contributed by atoms with Crippen molar-refractivity contribution in [2.24, 2.45) is 5.92 Å². The van der Waals surface area contributed by atoms with E-state index in [9.17, 15) is 0 Å². The minimum atomic E-state index is 0. The second-order valence-electron chi connectivity index (χ2n) is 8.14. The third-order valence-electron chi connectivity index (χ3n) is 5.90. The second-order valence-corrected chi connectivity index (χ2v) is 8.55. The predicted molar refractivity (Wildman–Crippen MR) is 132 cm³/mol.